The lowest BCUT2D eigenvalue weighted by atomic mass is 9.98. The van der Waals surface area contributed by atoms with Crippen molar-refractivity contribution in [1.29, 1.82) is 0 Å². The summed E-state index contributed by atoms with van der Waals surface area (Å²) in [6.07, 6.45) is 25.6. The molecule has 3 atom stereocenters. The molecule has 0 amide bonds. The largest absolute Gasteiger partial charge is 0.394 e. The van der Waals surface area contributed by atoms with E-state index in [-0.39, 0.29) is 12.8 Å². The van der Waals surface area contributed by atoms with Crippen molar-refractivity contribution in [2.24, 2.45) is 0 Å². The van der Waals surface area contributed by atoms with Gasteiger partial charge in [-0.05, 0) is 12.8 Å². The van der Waals surface area contributed by atoms with Crippen LogP contribution in [0.25, 0.3) is 0 Å². The van der Waals surface area contributed by atoms with Gasteiger partial charge in [0.2, 0.25) is 0 Å². The van der Waals surface area contributed by atoms with Crippen molar-refractivity contribution in [3.8, 4) is 0 Å². The minimum Gasteiger partial charge on any atom is -0.394 e. The molecule has 1 aromatic rings. The van der Waals surface area contributed by atoms with Gasteiger partial charge in [0.15, 0.2) is 11.6 Å². The number of rotatable bonds is 32. The van der Waals surface area contributed by atoms with E-state index in [1.165, 1.54) is 103 Å². The summed E-state index contributed by atoms with van der Waals surface area (Å²) < 4.78 is 22.0. The summed E-state index contributed by atoms with van der Waals surface area (Å²) >= 11 is 0. The summed E-state index contributed by atoms with van der Waals surface area (Å²) in [5.41, 5.74) is -3.39. The fraction of sp³-hybridized carbons (Fsp3) is 0.854. The van der Waals surface area contributed by atoms with Gasteiger partial charge in [-0.3, -0.25) is 19.4 Å². The summed E-state index contributed by atoms with van der Waals surface area (Å²) in [5.74, 6) is -4.32. The standard InChI is InChI=1S/C41H71FN2O7/c1-3-5-7-9-11-13-15-17-19-21-23-25-27-29-33(46)37-38(34(47)30-28-26-24-22-20-18-16-14-12-10-8-6-4-2)44(40(50)43-39(37)49)41(42)31-35(48)36(32-45)51-41/h35-36,45,48H,3-32H2,1-2H3,(H,43,49,50)/t35-,36+,41-/m0/s1. The van der Waals surface area contributed by atoms with E-state index in [2.05, 4.69) is 13.8 Å². The Labute approximate surface area is 306 Å². The summed E-state index contributed by atoms with van der Waals surface area (Å²) in [6, 6.07) is 0. The highest BCUT2D eigenvalue weighted by atomic mass is 19.2. The molecule has 51 heavy (non-hydrogen) atoms. The molecule has 0 aromatic carbocycles. The highest BCUT2D eigenvalue weighted by Crippen LogP contribution is 2.37. The van der Waals surface area contributed by atoms with Gasteiger partial charge in [-0.15, -0.1) is 0 Å². The minimum atomic E-state index is -3.01. The van der Waals surface area contributed by atoms with Gasteiger partial charge in [0.1, 0.15) is 17.4 Å². The predicted octanol–water partition coefficient (Wildman–Crippen LogP) is 9.59. The van der Waals surface area contributed by atoms with Crippen LogP contribution in [0.2, 0.25) is 0 Å². The molecule has 2 rings (SSSR count). The van der Waals surface area contributed by atoms with E-state index in [9.17, 15) is 29.4 Å². The molecular formula is C41H71FN2O7. The maximum Gasteiger partial charge on any atom is 0.333 e. The van der Waals surface area contributed by atoms with E-state index in [4.69, 9.17) is 4.74 Å². The van der Waals surface area contributed by atoms with E-state index >= 15 is 4.39 Å². The third kappa shape index (κ3) is 16.6. The van der Waals surface area contributed by atoms with Crippen LogP contribution < -0.4 is 11.2 Å². The van der Waals surface area contributed by atoms with Crippen LogP contribution in [0.15, 0.2) is 9.59 Å². The van der Waals surface area contributed by atoms with Gasteiger partial charge < -0.3 is 14.9 Å². The molecule has 0 spiro atoms. The third-order valence-electron chi connectivity index (χ3n) is 10.4. The van der Waals surface area contributed by atoms with E-state index < -0.39 is 65.3 Å². The Morgan fingerprint density at radius 3 is 1.43 bits per heavy atom. The Kier molecular flexibility index (Phi) is 23.4. The van der Waals surface area contributed by atoms with Gasteiger partial charge in [-0.1, -0.05) is 168 Å². The van der Waals surface area contributed by atoms with Crippen molar-refractivity contribution < 1.29 is 28.9 Å². The average molecular weight is 723 g/mol. The summed E-state index contributed by atoms with van der Waals surface area (Å²) in [5, 5.41) is 19.9. The van der Waals surface area contributed by atoms with Crippen LogP contribution in [0.3, 0.4) is 0 Å². The van der Waals surface area contributed by atoms with Crippen molar-refractivity contribution in [3.05, 3.63) is 32.1 Å². The first-order valence-electron chi connectivity index (χ1n) is 20.8. The number of ether oxygens (including phenoxy) is 1. The number of ketones is 2. The zero-order valence-corrected chi connectivity index (χ0v) is 32.1. The highest BCUT2D eigenvalue weighted by molar-refractivity contribution is 6.07. The number of aliphatic hydroxyl groups is 2. The molecule has 0 saturated carbocycles. The second-order valence-electron chi connectivity index (χ2n) is 14.9. The zero-order valence-electron chi connectivity index (χ0n) is 32.1. The van der Waals surface area contributed by atoms with Crippen LogP contribution in [0, 0.1) is 0 Å². The normalized spacial score (nSPS) is 18.8. The summed E-state index contributed by atoms with van der Waals surface area (Å²) in [4.78, 5) is 55.4. The quantitative estimate of drug-likeness (QED) is 0.0497. The predicted molar refractivity (Wildman–Crippen MR) is 202 cm³/mol. The molecule has 0 aliphatic carbocycles. The van der Waals surface area contributed by atoms with Crippen LogP contribution in [-0.2, 0) is 10.7 Å². The number of carbonyl (C=O) groups is 2. The second-order valence-corrected chi connectivity index (χ2v) is 14.9. The molecule has 0 unspecified atom stereocenters. The third-order valence-corrected chi connectivity index (χ3v) is 10.4. The van der Waals surface area contributed by atoms with Gasteiger partial charge in [-0.2, -0.15) is 4.39 Å². The molecule has 1 aliphatic rings. The molecule has 3 N–H and O–H groups in total. The topological polar surface area (TPSA) is 139 Å². The molecule has 1 saturated heterocycles. The first-order chi connectivity index (χ1) is 24.7. The minimum absolute atomic E-state index is 0.0138. The Balaban J connectivity index is 1.96. The smallest absolute Gasteiger partial charge is 0.333 e. The fourth-order valence-electron chi connectivity index (χ4n) is 7.28. The summed E-state index contributed by atoms with van der Waals surface area (Å²) in [7, 11) is 0. The number of aromatic nitrogens is 2. The summed E-state index contributed by atoms with van der Waals surface area (Å²) in [6.45, 7) is 3.74. The number of alkyl halides is 1. The van der Waals surface area contributed by atoms with E-state index in [1.807, 2.05) is 4.98 Å². The molecule has 0 bridgehead atoms. The lowest BCUT2D eigenvalue weighted by Crippen LogP contribution is -2.47. The van der Waals surface area contributed by atoms with Gasteiger partial charge >= 0.3 is 11.7 Å². The Hall–Kier alpha value is -2.17. The lowest BCUT2D eigenvalue weighted by molar-refractivity contribution is -0.205. The van der Waals surface area contributed by atoms with E-state index in [0.717, 1.165) is 51.4 Å². The first-order valence-corrected chi connectivity index (χ1v) is 20.8. The van der Waals surface area contributed by atoms with Crippen molar-refractivity contribution in [1.82, 2.24) is 9.55 Å². The molecule has 1 aromatic heterocycles. The second kappa shape index (κ2) is 26.6. The number of aromatic amines is 1. The van der Waals surface area contributed by atoms with Crippen LogP contribution in [0.4, 0.5) is 4.39 Å². The van der Waals surface area contributed by atoms with Crippen molar-refractivity contribution >= 4 is 11.6 Å². The number of nitrogens with one attached hydrogen (secondary N) is 1. The van der Waals surface area contributed by atoms with Crippen molar-refractivity contribution in [3.63, 3.8) is 0 Å². The maximum absolute atomic E-state index is 16.3. The number of aliphatic hydroxyl groups excluding tert-OH is 2. The van der Waals surface area contributed by atoms with Gasteiger partial charge in [-0.25, -0.2) is 9.36 Å². The highest BCUT2D eigenvalue weighted by Gasteiger charge is 2.51. The molecule has 10 heteroatoms. The molecule has 9 nitrogen and oxygen atoms in total. The van der Waals surface area contributed by atoms with Crippen LogP contribution in [0.5, 0.6) is 0 Å². The van der Waals surface area contributed by atoms with E-state index in [0.29, 0.717) is 17.4 Å². The Morgan fingerprint density at radius 2 is 1.06 bits per heavy atom. The molecule has 1 fully saturated rings. The van der Waals surface area contributed by atoms with Crippen LogP contribution >= 0.6 is 0 Å². The monoisotopic (exact) mass is 723 g/mol. The van der Waals surface area contributed by atoms with Crippen LogP contribution in [-0.4, -0.2) is 50.1 Å². The average Bonchev–Trinajstić information content (AvgIpc) is 3.41. The Morgan fingerprint density at radius 1 is 0.686 bits per heavy atom. The van der Waals surface area contributed by atoms with Gasteiger partial charge in [0.25, 0.3) is 5.56 Å². The number of carbonyl (C=O) groups excluding carboxylic acids is 2. The number of hydrogen-bond donors (Lipinski definition) is 3. The number of halogens is 1. The number of Topliss-reactive ketones (excluding diaryl/α,β-unsaturated/α-hetero) is 2. The number of nitrogens with zero attached hydrogens (tertiary/aromatic N) is 1. The van der Waals surface area contributed by atoms with Crippen molar-refractivity contribution in [2.75, 3.05) is 6.61 Å². The van der Waals surface area contributed by atoms with Gasteiger partial charge in [0, 0.05) is 12.8 Å². The SMILES string of the molecule is CCCCCCCCCCCCCCCC(=O)c1c(C(=O)CCCCCCCCCCCCCCC)n([C@@]2(F)C[C@H](O)[C@@H](CO)O2)c(=O)[nH]c1=O. The Bertz CT molecular complexity index is 1230. The van der Waals surface area contributed by atoms with Gasteiger partial charge in [0.05, 0.1) is 19.1 Å². The first kappa shape index (κ1) is 45.0. The molecular weight excluding hydrogens is 651 g/mol. The number of unbranched alkanes of at least 4 members (excludes halogenated alkanes) is 24. The number of hydrogen-bond acceptors (Lipinski definition) is 7. The molecule has 2 heterocycles. The maximum atomic E-state index is 16.3. The van der Waals surface area contributed by atoms with Crippen LogP contribution in [0.1, 0.15) is 221 Å². The van der Waals surface area contributed by atoms with Crippen molar-refractivity contribution in [2.45, 2.75) is 218 Å². The number of H-pyrrole nitrogens is 1. The molecule has 294 valence electrons. The molecule has 1 aliphatic heterocycles. The zero-order chi connectivity index (χ0) is 37.3. The lowest BCUT2D eigenvalue weighted by Gasteiger charge is -2.25. The van der Waals surface area contributed by atoms with E-state index in [1.54, 1.807) is 0 Å². The fourth-order valence-corrected chi connectivity index (χ4v) is 7.28. The molecule has 0 radical (unpaired) electrons.